The molecular formula is C21H22BrN3O3. The summed E-state index contributed by atoms with van der Waals surface area (Å²) in [5, 5.41) is 1.02. The minimum Gasteiger partial charge on any atom is -0.452 e. The van der Waals surface area contributed by atoms with Crippen LogP contribution in [0.5, 0.6) is 0 Å². The van der Waals surface area contributed by atoms with Crippen molar-refractivity contribution in [2.75, 3.05) is 39.4 Å². The molecule has 1 amide bonds. The third-order valence-corrected chi connectivity index (χ3v) is 5.30. The van der Waals surface area contributed by atoms with E-state index in [0.717, 1.165) is 49.5 Å². The van der Waals surface area contributed by atoms with Gasteiger partial charge in [0.15, 0.2) is 4.67 Å². The van der Waals surface area contributed by atoms with Gasteiger partial charge in [-0.2, -0.15) is 0 Å². The molecule has 3 aromatic rings. The lowest BCUT2D eigenvalue weighted by molar-refractivity contribution is 0.0315. The molecule has 0 atom stereocenters. The van der Waals surface area contributed by atoms with Crippen molar-refractivity contribution >= 4 is 32.7 Å². The van der Waals surface area contributed by atoms with E-state index < -0.39 is 0 Å². The molecule has 4 rings (SSSR count). The summed E-state index contributed by atoms with van der Waals surface area (Å²) in [6.07, 6.45) is 0. The van der Waals surface area contributed by atoms with Crippen LogP contribution in [0.25, 0.3) is 10.9 Å². The van der Waals surface area contributed by atoms with Crippen LogP contribution >= 0.6 is 15.9 Å². The Morgan fingerprint density at radius 2 is 1.93 bits per heavy atom. The van der Waals surface area contributed by atoms with Crippen LogP contribution in [0, 0.1) is 0 Å². The number of rotatable bonds is 6. The van der Waals surface area contributed by atoms with Crippen LogP contribution in [0.3, 0.4) is 0 Å². The van der Waals surface area contributed by atoms with Crippen molar-refractivity contribution in [2.45, 2.75) is 6.54 Å². The van der Waals surface area contributed by atoms with Gasteiger partial charge in [-0.15, -0.1) is 0 Å². The zero-order chi connectivity index (χ0) is 19.3. The van der Waals surface area contributed by atoms with E-state index in [4.69, 9.17) is 9.15 Å². The highest BCUT2D eigenvalue weighted by molar-refractivity contribution is 9.10. The number of hydrogen-bond donors (Lipinski definition) is 0. The van der Waals surface area contributed by atoms with Gasteiger partial charge in [0.2, 0.25) is 0 Å². The predicted octanol–water partition coefficient (Wildman–Crippen LogP) is 3.56. The Bertz CT molecular complexity index is 953. The quantitative estimate of drug-likeness (QED) is 0.582. The summed E-state index contributed by atoms with van der Waals surface area (Å²) in [7, 11) is 0. The van der Waals surface area contributed by atoms with Gasteiger partial charge in [0.1, 0.15) is 11.5 Å². The lowest BCUT2D eigenvalue weighted by Gasteiger charge is -2.29. The number of ether oxygens (including phenoxy) is 1. The van der Waals surface area contributed by atoms with Crippen molar-refractivity contribution in [2.24, 2.45) is 0 Å². The first-order valence-electron chi connectivity index (χ1n) is 9.38. The Balaban J connectivity index is 1.53. The van der Waals surface area contributed by atoms with Crippen LogP contribution in [0.4, 0.5) is 0 Å². The molecular weight excluding hydrogens is 422 g/mol. The number of carbonyl (C=O) groups is 1. The second-order valence-electron chi connectivity index (χ2n) is 6.78. The normalized spacial score (nSPS) is 15.0. The molecule has 28 heavy (non-hydrogen) atoms. The molecule has 1 saturated heterocycles. The Labute approximate surface area is 172 Å². The molecule has 0 radical (unpaired) electrons. The average Bonchev–Trinajstić information content (AvgIpc) is 3.15. The molecule has 146 valence electrons. The summed E-state index contributed by atoms with van der Waals surface area (Å²) in [4.78, 5) is 21.9. The number of amides is 1. The van der Waals surface area contributed by atoms with E-state index in [9.17, 15) is 4.79 Å². The van der Waals surface area contributed by atoms with Crippen molar-refractivity contribution in [3.05, 3.63) is 64.7 Å². The molecule has 0 aliphatic carbocycles. The van der Waals surface area contributed by atoms with Crippen LogP contribution in [0.15, 0.2) is 57.6 Å². The first-order chi connectivity index (χ1) is 13.7. The number of hydrogen-bond acceptors (Lipinski definition) is 5. The number of aromatic nitrogens is 1. The Kier molecular flexibility index (Phi) is 6.04. The zero-order valence-electron chi connectivity index (χ0n) is 15.5. The molecule has 1 aliphatic rings. The van der Waals surface area contributed by atoms with Crippen molar-refractivity contribution in [1.82, 2.24) is 14.8 Å². The number of para-hydroxylation sites is 1. The number of fused-ring (bicyclic) bond motifs is 1. The SMILES string of the molecule is O=C(c1ccc2ccccc2n1)N(CCN1CCOCC1)Cc1ccc(Br)o1. The van der Waals surface area contributed by atoms with Crippen molar-refractivity contribution in [3.63, 3.8) is 0 Å². The van der Waals surface area contributed by atoms with E-state index in [1.54, 1.807) is 11.0 Å². The maximum atomic E-state index is 13.2. The minimum absolute atomic E-state index is 0.0912. The molecule has 1 fully saturated rings. The summed E-state index contributed by atoms with van der Waals surface area (Å²) < 4.78 is 11.7. The smallest absolute Gasteiger partial charge is 0.272 e. The van der Waals surface area contributed by atoms with Gasteiger partial charge in [-0.25, -0.2) is 4.98 Å². The van der Waals surface area contributed by atoms with Gasteiger partial charge in [-0.3, -0.25) is 9.69 Å². The molecule has 0 spiro atoms. The maximum absolute atomic E-state index is 13.2. The predicted molar refractivity (Wildman–Crippen MR) is 110 cm³/mol. The summed E-state index contributed by atoms with van der Waals surface area (Å²) in [6.45, 7) is 5.07. The largest absolute Gasteiger partial charge is 0.452 e. The number of nitrogens with zero attached hydrogens (tertiary/aromatic N) is 3. The van der Waals surface area contributed by atoms with E-state index in [1.165, 1.54) is 0 Å². The standard InChI is InChI=1S/C21H22BrN3O3/c22-20-8-6-17(28-20)15-25(10-9-24-11-13-27-14-12-24)21(26)19-7-5-16-3-1-2-4-18(16)23-19/h1-8H,9-15H2. The topological polar surface area (TPSA) is 58.8 Å². The summed E-state index contributed by atoms with van der Waals surface area (Å²) in [5.41, 5.74) is 1.27. The monoisotopic (exact) mass is 443 g/mol. The molecule has 6 nitrogen and oxygen atoms in total. The molecule has 7 heteroatoms. The lowest BCUT2D eigenvalue weighted by atomic mass is 10.2. The van der Waals surface area contributed by atoms with E-state index in [1.807, 2.05) is 42.5 Å². The first kappa shape index (κ1) is 19.1. The fourth-order valence-electron chi connectivity index (χ4n) is 3.31. The maximum Gasteiger partial charge on any atom is 0.272 e. The van der Waals surface area contributed by atoms with E-state index >= 15 is 0 Å². The molecule has 2 aromatic heterocycles. The van der Waals surface area contributed by atoms with E-state index in [0.29, 0.717) is 23.5 Å². The number of carbonyl (C=O) groups excluding carboxylic acids is 1. The van der Waals surface area contributed by atoms with E-state index in [-0.39, 0.29) is 5.91 Å². The third kappa shape index (κ3) is 4.60. The van der Waals surface area contributed by atoms with Gasteiger partial charge in [0.25, 0.3) is 5.91 Å². The molecule has 1 aliphatic heterocycles. The number of halogens is 1. The van der Waals surface area contributed by atoms with Crippen LogP contribution in [0.1, 0.15) is 16.2 Å². The van der Waals surface area contributed by atoms with Crippen LogP contribution in [0.2, 0.25) is 0 Å². The van der Waals surface area contributed by atoms with E-state index in [2.05, 4.69) is 25.8 Å². The highest BCUT2D eigenvalue weighted by atomic mass is 79.9. The minimum atomic E-state index is -0.0912. The summed E-state index contributed by atoms with van der Waals surface area (Å²) in [6, 6.07) is 15.3. The number of pyridine rings is 1. The number of benzene rings is 1. The third-order valence-electron chi connectivity index (χ3n) is 4.87. The highest BCUT2D eigenvalue weighted by Crippen LogP contribution is 2.18. The molecule has 1 aromatic carbocycles. The van der Waals surface area contributed by atoms with Gasteiger partial charge in [0, 0.05) is 31.6 Å². The van der Waals surface area contributed by atoms with Crippen LogP contribution in [-0.4, -0.2) is 60.1 Å². The van der Waals surface area contributed by atoms with Crippen molar-refractivity contribution in [3.8, 4) is 0 Å². The van der Waals surface area contributed by atoms with Crippen molar-refractivity contribution in [1.29, 1.82) is 0 Å². The highest BCUT2D eigenvalue weighted by Gasteiger charge is 2.21. The first-order valence-corrected chi connectivity index (χ1v) is 10.2. The van der Waals surface area contributed by atoms with Gasteiger partial charge in [-0.05, 0) is 40.2 Å². The van der Waals surface area contributed by atoms with Gasteiger partial charge < -0.3 is 14.1 Å². The van der Waals surface area contributed by atoms with Crippen LogP contribution < -0.4 is 0 Å². The van der Waals surface area contributed by atoms with Gasteiger partial charge in [-0.1, -0.05) is 24.3 Å². The van der Waals surface area contributed by atoms with Gasteiger partial charge >= 0.3 is 0 Å². The molecule has 0 unspecified atom stereocenters. The van der Waals surface area contributed by atoms with Crippen LogP contribution in [-0.2, 0) is 11.3 Å². The fraction of sp³-hybridized carbons (Fsp3) is 0.333. The second kappa shape index (κ2) is 8.86. The molecule has 3 heterocycles. The number of morpholine rings is 1. The lowest BCUT2D eigenvalue weighted by Crippen LogP contribution is -2.43. The summed E-state index contributed by atoms with van der Waals surface area (Å²) >= 11 is 3.33. The fourth-order valence-corrected chi connectivity index (χ4v) is 3.65. The second-order valence-corrected chi connectivity index (χ2v) is 7.56. The Morgan fingerprint density at radius 3 is 2.71 bits per heavy atom. The van der Waals surface area contributed by atoms with Crippen molar-refractivity contribution < 1.29 is 13.9 Å². The van der Waals surface area contributed by atoms with Gasteiger partial charge in [0.05, 0.1) is 25.3 Å². The number of furan rings is 1. The molecule has 0 N–H and O–H groups in total. The molecule has 0 bridgehead atoms. The zero-order valence-corrected chi connectivity index (χ0v) is 17.1. The Hall–Kier alpha value is -2.22. The Morgan fingerprint density at radius 1 is 1.11 bits per heavy atom. The summed E-state index contributed by atoms with van der Waals surface area (Å²) in [5.74, 6) is 0.648. The molecule has 0 saturated carbocycles. The average molecular weight is 444 g/mol.